The van der Waals surface area contributed by atoms with Crippen molar-refractivity contribution in [2.45, 2.75) is 18.9 Å². The van der Waals surface area contributed by atoms with E-state index in [1.54, 1.807) is 18.2 Å². The van der Waals surface area contributed by atoms with Crippen molar-refractivity contribution in [1.82, 2.24) is 14.9 Å². The van der Waals surface area contributed by atoms with Crippen LogP contribution in [-0.2, 0) is 11.2 Å². The summed E-state index contributed by atoms with van der Waals surface area (Å²) in [5.41, 5.74) is 4.53. The van der Waals surface area contributed by atoms with Crippen LogP contribution in [0.5, 0.6) is 0 Å². The number of H-pyrrole nitrogens is 2. The predicted molar refractivity (Wildman–Crippen MR) is 97.7 cm³/mol. The number of fused-ring (bicyclic) bond motifs is 2. The third kappa shape index (κ3) is 3.08. The number of carbonyl (C=O) groups is 1. The number of hydrogen-bond donors (Lipinski definition) is 3. The van der Waals surface area contributed by atoms with Gasteiger partial charge >= 0.3 is 5.69 Å². The van der Waals surface area contributed by atoms with Crippen LogP contribution in [0.25, 0.3) is 11.0 Å². The fourth-order valence-corrected chi connectivity index (χ4v) is 3.64. The fraction of sp³-hybridized carbons (Fsp3) is 0.263. The molecule has 25 heavy (non-hydrogen) atoms. The molecule has 6 heteroatoms. The Hall–Kier alpha value is -2.86. The van der Waals surface area contributed by atoms with Gasteiger partial charge in [-0.1, -0.05) is 24.3 Å². The molecule has 1 heterocycles. The summed E-state index contributed by atoms with van der Waals surface area (Å²) in [4.78, 5) is 31.2. The number of amides is 1. The zero-order valence-corrected chi connectivity index (χ0v) is 14.0. The molecule has 1 aromatic heterocycles. The Morgan fingerprint density at radius 3 is 2.88 bits per heavy atom. The first-order chi connectivity index (χ1) is 12.1. The second-order valence-corrected chi connectivity index (χ2v) is 6.56. The van der Waals surface area contributed by atoms with Gasteiger partial charge in [-0.3, -0.25) is 9.69 Å². The van der Waals surface area contributed by atoms with Gasteiger partial charge in [0.25, 0.3) is 0 Å². The molecular weight excluding hydrogens is 316 g/mol. The van der Waals surface area contributed by atoms with Crippen molar-refractivity contribution in [3.63, 3.8) is 0 Å². The van der Waals surface area contributed by atoms with Gasteiger partial charge in [0.15, 0.2) is 0 Å². The lowest BCUT2D eigenvalue weighted by molar-refractivity contribution is -0.117. The van der Waals surface area contributed by atoms with Crippen molar-refractivity contribution >= 4 is 22.6 Å². The number of likely N-dealkylation sites (N-methyl/N-ethyl adjacent to an activating group) is 1. The summed E-state index contributed by atoms with van der Waals surface area (Å²) in [5.74, 6) is -0.0656. The second kappa shape index (κ2) is 6.22. The molecule has 0 aliphatic heterocycles. The number of hydrogen-bond acceptors (Lipinski definition) is 3. The zero-order valence-electron chi connectivity index (χ0n) is 14.0. The Bertz CT molecular complexity index is 988. The molecule has 0 spiro atoms. The maximum Gasteiger partial charge on any atom is 0.323 e. The van der Waals surface area contributed by atoms with E-state index < -0.39 is 0 Å². The van der Waals surface area contributed by atoms with E-state index in [4.69, 9.17) is 0 Å². The Morgan fingerprint density at radius 2 is 2.00 bits per heavy atom. The number of carbonyl (C=O) groups excluding carboxylic acids is 1. The SMILES string of the molecule is CN(CC(=O)Nc1ccc2[nH]c(=O)[nH]c2c1)C1CCc2ccccc21. The predicted octanol–water partition coefficient (Wildman–Crippen LogP) is 2.41. The van der Waals surface area contributed by atoms with Crippen molar-refractivity contribution in [3.05, 3.63) is 64.1 Å². The normalized spacial score (nSPS) is 16.3. The van der Waals surface area contributed by atoms with Crippen molar-refractivity contribution in [3.8, 4) is 0 Å². The number of aryl methyl sites for hydroxylation is 1. The lowest BCUT2D eigenvalue weighted by Crippen LogP contribution is -2.32. The summed E-state index contributed by atoms with van der Waals surface area (Å²) in [6, 6.07) is 14.0. The first-order valence-corrected chi connectivity index (χ1v) is 8.40. The minimum Gasteiger partial charge on any atom is -0.325 e. The number of nitrogens with one attached hydrogen (secondary N) is 3. The largest absolute Gasteiger partial charge is 0.325 e. The lowest BCUT2D eigenvalue weighted by Gasteiger charge is -2.24. The molecule has 6 nitrogen and oxygen atoms in total. The van der Waals surface area contributed by atoms with Crippen LogP contribution in [0.2, 0.25) is 0 Å². The molecular formula is C19H20N4O2. The van der Waals surface area contributed by atoms with Crippen LogP contribution >= 0.6 is 0 Å². The molecule has 0 fully saturated rings. The van der Waals surface area contributed by atoms with Gasteiger partial charge in [0.2, 0.25) is 5.91 Å². The van der Waals surface area contributed by atoms with Crippen molar-refractivity contribution in [2.24, 2.45) is 0 Å². The van der Waals surface area contributed by atoms with Crippen LogP contribution in [0.3, 0.4) is 0 Å². The standard InChI is InChI=1S/C19H20N4O2/c1-23(17-9-6-12-4-2-3-5-14(12)17)11-18(24)20-13-7-8-15-16(10-13)22-19(25)21-15/h2-5,7-8,10,17H,6,9,11H2,1H3,(H,20,24)(H2,21,22,25). The summed E-state index contributed by atoms with van der Waals surface area (Å²) in [6.07, 6.45) is 2.10. The zero-order chi connectivity index (χ0) is 17.4. The van der Waals surface area contributed by atoms with E-state index in [-0.39, 0.29) is 17.6 Å². The Morgan fingerprint density at radius 1 is 1.20 bits per heavy atom. The minimum atomic E-state index is -0.252. The molecule has 1 amide bonds. The summed E-state index contributed by atoms with van der Waals surface area (Å²) in [7, 11) is 1.99. The Kier molecular flexibility index (Phi) is 3.89. The minimum absolute atomic E-state index is 0.0656. The van der Waals surface area contributed by atoms with Crippen molar-refractivity contribution in [1.29, 1.82) is 0 Å². The van der Waals surface area contributed by atoms with Crippen LogP contribution in [0, 0.1) is 0 Å². The summed E-state index contributed by atoms with van der Waals surface area (Å²) in [6.45, 7) is 0.320. The van der Waals surface area contributed by atoms with Crippen LogP contribution < -0.4 is 11.0 Å². The molecule has 1 atom stereocenters. The van der Waals surface area contributed by atoms with Crippen molar-refractivity contribution in [2.75, 3.05) is 18.9 Å². The molecule has 0 saturated heterocycles. The Balaban J connectivity index is 1.43. The summed E-state index contributed by atoms with van der Waals surface area (Å²) < 4.78 is 0. The molecule has 1 unspecified atom stereocenters. The molecule has 3 aromatic rings. The number of aromatic nitrogens is 2. The molecule has 4 rings (SSSR count). The van der Waals surface area contributed by atoms with Gasteiger partial charge in [0.1, 0.15) is 0 Å². The highest BCUT2D eigenvalue weighted by atomic mass is 16.2. The third-order valence-corrected chi connectivity index (χ3v) is 4.83. The van der Waals surface area contributed by atoms with E-state index in [0.29, 0.717) is 17.7 Å². The van der Waals surface area contributed by atoms with Crippen LogP contribution in [0.1, 0.15) is 23.6 Å². The number of rotatable bonds is 4. The maximum absolute atomic E-state index is 12.4. The van der Waals surface area contributed by atoms with Crippen molar-refractivity contribution < 1.29 is 4.79 Å². The van der Waals surface area contributed by atoms with Gasteiger partial charge in [-0.2, -0.15) is 0 Å². The molecule has 128 valence electrons. The summed E-state index contributed by atoms with van der Waals surface area (Å²) >= 11 is 0. The number of benzene rings is 2. The number of imidazole rings is 1. The van der Waals surface area contributed by atoms with Gasteiger partial charge in [-0.05, 0) is 49.2 Å². The van der Waals surface area contributed by atoms with E-state index in [1.165, 1.54) is 11.1 Å². The van der Waals surface area contributed by atoms with Gasteiger partial charge in [-0.25, -0.2) is 4.79 Å². The Labute approximate surface area is 144 Å². The van der Waals surface area contributed by atoms with E-state index in [0.717, 1.165) is 18.4 Å². The molecule has 0 bridgehead atoms. The molecule has 0 saturated carbocycles. The second-order valence-electron chi connectivity index (χ2n) is 6.56. The number of aromatic amines is 2. The molecule has 1 aliphatic rings. The van der Waals surface area contributed by atoms with Crippen LogP contribution in [0.15, 0.2) is 47.3 Å². The van der Waals surface area contributed by atoms with Gasteiger partial charge in [0, 0.05) is 11.7 Å². The lowest BCUT2D eigenvalue weighted by atomic mass is 10.1. The maximum atomic E-state index is 12.4. The highest BCUT2D eigenvalue weighted by Gasteiger charge is 2.26. The molecule has 0 radical (unpaired) electrons. The smallest absolute Gasteiger partial charge is 0.323 e. The van der Waals surface area contributed by atoms with Gasteiger partial charge in [0.05, 0.1) is 17.6 Å². The average Bonchev–Trinajstić information content (AvgIpc) is 3.16. The van der Waals surface area contributed by atoms with Crippen LogP contribution in [0.4, 0.5) is 5.69 Å². The topological polar surface area (TPSA) is 81.0 Å². The fourth-order valence-electron chi connectivity index (χ4n) is 3.64. The third-order valence-electron chi connectivity index (χ3n) is 4.83. The average molecular weight is 336 g/mol. The van der Waals surface area contributed by atoms with Crippen LogP contribution in [-0.4, -0.2) is 34.4 Å². The van der Waals surface area contributed by atoms with E-state index in [9.17, 15) is 9.59 Å². The number of nitrogens with zero attached hydrogens (tertiary/aromatic N) is 1. The van der Waals surface area contributed by atoms with E-state index in [2.05, 4.69) is 44.5 Å². The molecule has 1 aliphatic carbocycles. The monoisotopic (exact) mass is 336 g/mol. The highest BCUT2D eigenvalue weighted by Crippen LogP contribution is 2.34. The van der Waals surface area contributed by atoms with Gasteiger partial charge in [-0.15, -0.1) is 0 Å². The molecule has 2 aromatic carbocycles. The quantitative estimate of drug-likeness (QED) is 0.684. The highest BCUT2D eigenvalue weighted by molar-refractivity contribution is 5.94. The first kappa shape index (κ1) is 15.7. The van der Waals surface area contributed by atoms with Gasteiger partial charge < -0.3 is 15.3 Å². The van der Waals surface area contributed by atoms with E-state index in [1.807, 2.05) is 7.05 Å². The molecule has 3 N–H and O–H groups in total. The van der Waals surface area contributed by atoms with E-state index >= 15 is 0 Å². The summed E-state index contributed by atoms with van der Waals surface area (Å²) in [5, 5.41) is 2.91. The number of anilines is 1. The first-order valence-electron chi connectivity index (χ1n) is 8.40.